The molecule has 1 fully saturated rings. The van der Waals surface area contributed by atoms with Crippen molar-refractivity contribution >= 4 is 5.91 Å². The molecule has 1 atom stereocenters. The number of hydrogen-bond donors (Lipinski definition) is 2. The third kappa shape index (κ3) is 3.82. The number of hydrogen-bond acceptors (Lipinski definition) is 2. The summed E-state index contributed by atoms with van der Waals surface area (Å²) in [5, 5.41) is 3.10. The monoisotopic (exact) mass is 212 g/mol. The van der Waals surface area contributed by atoms with E-state index < -0.39 is 0 Å². The first-order valence-corrected chi connectivity index (χ1v) is 6.17. The van der Waals surface area contributed by atoms with Gasteiger partial charge >= 0.3 is 0 Å². The summed E-state index contributed by atoms with van der Waals surface area (Å²) in [5.74, 6) is 0.955. The Balaban J connectivity index is 2.26. The predicted molar refractivity (Wildman–Crippen MR) is 62.4 cm³/mol. The molecule has 1 saturated carbocycles. The van der Waals surface area contributed by atoms with Crippen molar-refractivity contribution < 1.29 is 4.79 Å². The molecular formula is C12H24N2O. The van der Waals surface area contributed by atoms with Gasteiger partial charge in [-0.05, 0) is 31.6 Å². The van der Waals surface area contributed by atoms with Crippen molar-refractivity contribution in [3.8, 4) is 0 Å². The Morgan fingerprint density at radius 3 is 2.47 bits per heavy atom. The highest BCUT2D eigenvalue weighted by Gasteiger charge is 2.22. The van der Waals surface area contributed by atoms with E-state index >= 15 is 0 Å². The van der Waals surface area contributed by atoms with Crippen molar-refractivity contribution in [2.75, 3.05) is 6.54 Å². The van der Waals surface area contributed by atoms with Gasteiger partial charge in [0, 0.05) is 18.5 Å². The van der Waals surface area contributed by atoms with E-state index in [0.717, 1.165) is 18.8 Å². The van der Waals surface area contributed by atoms with Gasteiger partial charge in [-0.15, -0.1) is 0 Å². The Morgan fingerprint density at radius 2 is 2.00 bits per heavy atom. The van der Waals surface area contributed by atoms with Crippen LogP contribution in [0.1, 0.15) is 46.0 Å². The summed E-state index contributed by atoms with van der Waals surface area (Å²) in [7, 11) is 0. The summed E-state index contributed by atoms with van der Waals surface area (Å²) in [6.07, 6.45) is 6.08. The molecule has 3 N–H and O–H groups in total. The summed E-state index contributed by atoms with van der Waals surface area (Å²) in [5.41, 5.74) is 5.46. The predicted octanol–water partition coefficient (Wildman–Crippen LogP) is 1.67. The van der Waals surface area contributed by atoms with E-state index in [0.29, 0.717) is 12.6 Å². The minimum Gasteiger partial charge on any atom is -0.353 e. The van der Waals surface area contributed by atoms with Crippen LogP contribution in [0, 0.1) is 11.8 Å². The third-order valence-electron chi connectivity index (χ3n) is 3.57. The molecule has 0 aliphatic heterocycles. The molecule has 3 heteroatoms. The molecule has 0 heterocycles. The van der Waals surface area contributed by atoms with E-state index in [4.69, 9.17) is 5.73 Å². The van der Waals surface area contributed by atoms with Crippen molar-refractivity contribution in [3.63, 3.8) is 0 Å². The van der Waals surface area contributed by atoms with Crippen LogP contribution in [0.5, 0.6) is 0 Å². The fraction of sp³-hybridized carbons (Fsp3) is 0.917. The third-order valence-corrected chi connectivity index (χ3v) is 3.57. The fourth-order valence-corrected chi connectivity index (χ4v) is 2.17. The van der Waals surface area contributed by atoms with Gasteiger partial charge in [-0.2, -0.15) is 0 Å². The molecular weight excluding hydrogens is 188 g/mol. The van der Waals surface area contributed by atoms with Gasteiger partial charge in [0.2, 0.25) is 5.91 Å². The molecule has 0 aromatic rings. The first-order chi connectivity index (χ1) is 7.17. The van der Waals surface area contributed by atoms with Crippen LogP contribution in [0.25, 0.3) is 0 Å². The fourth-order valence-electron chi connectivity index (χ4n) is 2.17. The second-order valence-electron chi connectivity index (χ2n) is 4.77. The molecule has 0 saturated heterocycles. The van der Waals surface area contributed by atoms with Crippen LogP contribution in [-0.2, 0) is 4.79 Å². The minimum absolute atomic E-state index is 0.0473. The standard InChI is InChI=1S/C12H24N2O/c1-3-10-4-6-11(7-5-10)14-12(15)9(2)8-13/h9-11H,3-8,13H2,1-2H3,(H,14,15). The van der Waals surface area contributed by atoms with Gasteiger partial charge in [-0.25, -0.2) is 0 Å². The number of carbonyl (C=O) groups excluding carboxylic acids is 1. The van der Waals surface area contributed by atoms with Crippen LogP contribution in [-0.4, -0.2) is 18.5 Å². The van der Waals surface area contributed by atoms with Gasteiger partial charge < -0.3 is 11.1 Å². The van der Waals surface area contributed by atoms with Crippen LogP contribution in [0.2, 0.25) is 0 Å². The number of nitrogens with one attached hydrogen (secondary N) is 1. The van der Waals surface area contributed by atoms with Crippen molar-refractivity contribution in [2.45, 2.75) is 52.0 Å². The Morgan fingerprint density at radius 1 is 1.40 bits per heavy atom. The van der Waals surface area contributed by atoms with E-state index in [2.05, 4.69) is 12.2 Å². The summed E-state index contributed by atoms with van der Waals surface area (Å²) in [4.78, 5) is 11.6. The molecule has 1 amide bonds. The topological polar surface area (TPSA) is 55.1 Å². The van der Waals surface area contributed by atoms with Crippen LogP contribution < -0.4 is 11.1 Å². The van der Waals surface area contributed by atoms with Crippen LogP contribution in [0.3, 0.4) is 0 Å². The summed E-state index contributed by atoms with van der Waals surface area (Å²) in [6, 6.07) is 0.397. The number of rotatable bonds is 4. The zero-order chi connectivity index (χ0) is 11.3. The van der Waals surface area contributed by atoms with Gasteiger partial charge in [0.15, 0.2) is 0 Å². The van der Waals surface area contributed by atoms with Crippen LogP contribution in [0.4, 0.5) is 0 Å². The number of nitrogens with two attached hydrogens (primary N) is 1. The van der Waals surface area contributed by atoms with E-state index in [-0.39, 0.29) is 11.8 Å². The maximum atomic E-state index is 11.6. The first-order valence-electron chi connectivity index (χ1n) is 6.17. The SMILES string of the molecule is CCC1CCC(NC(=O)C(C)CN)CC1. The normalized spacial score (nSPS) is 28.5. The van der Waals surface area contributed by atoms with E-state index in [1.165, 1.54) is 19.3 Å². The van der Waals surface area contributed by atoms with Gasteiger partial charge in [0.05, 0.1) is 0 Å². The summed E-state index contributed by atoms with van der Waals surface area (Å²) >= 11 is 0. The average molecular weight is 212 g/mol. The van der Waals surface area contributed by atoms with E-state index in [9.17, 15) is 4.79 Å². The molecule has 88 valence electrons. The van der Waals surface area contributed by atoms with Crippen molar-refractivity contribution in [1.29, 1.82) is 0 Å². The van der Waals surface area contributed by atoms with Crippen molar-refractivity contribution in [3.05, 3.63) is 0 Å². The molecule has 0 aromatic carbocycles. The molecule has 1 unspecified atom stereocenters. The largest absolute Gasteiger partial charge is 0.353 e. The Labute approximate surface area is 92.8 Å². The molecule has 0 spiro atoms. The Bertz CT molecular complexity index is 198. The maximum Gasteiger partial charge on any atom is 0.224 e. The Kier molecular flexibility index (Phi) is 5.09. The second-order valence-corrected chi connectivity index (χ2v) is 4.77. The maximum absolute atomic E-state index is 11.6. The highest BCUT2D eigenvalue weighted by atomic mass is 16.1. The molecule has 0 bridgehead atoms. The average Bonchev–Trinajstić information content (AvgIpc) is 2.29. The van der Waals surface area contributed by atoms with Crippen molar-refractivity contribution in [1.82, 2.24) is 5.32 Å². The molecule has 0 aromatic heterocycles. The van der Waals surface area contributed by atoms with Gasteiger partial charge in [-0.3, -0.25) is 4.79 Å². The lowest BCUT2D eigenvalue weighted by molar-refractivity contribution is -0.125. The van der Waals surface area contributed by atoms with Gasteiger partial charge in [-0.1, -0.05) is 20.3 Å². The molecule has 3 nitrogen and oxygen atoms in total. The first kappa shape index (κ1) is 12.5. The van der Waals surface area contributed by atoms with Crippen molar-refractivity contribution in [2.24, 2.45) is 17.6 Å². The van der Waals surface area contributed by atoms with Crippen LogP contribution >= 0.6 is 0 Å². The van der Waals surface area contributed by atoms with E-state index in [1.54, 1.807) is 0 Å². The highest BCUT2D eigenvalue weighted by Crippen LogP contribution is 2.26. The molecule has 1 rings (SSSR count). The lowest BCUT2D eigenvalue weighted by Crippen LogP contribution is -2.41. The zero-order valence-corrected chi connectivity index (χ0v) is 9.96. The van der Waals surface area contributed by atoms with E-state index in [1.807, 2.05) is 6.92 Å². The summed E-state index contributed by atoms with van der Waals surface area (Å²) in [6.45, 7) is 4.57. The second kappa shape index (κ2) is 6.11. The minimum atomic E-state index is -0.0473. The molecule has 1 aliphatic rings. The molecule has 0 radical (unpaired) electrons. The smallest absolute Gasteiger partial charge is 0.224 e. The molecule has 15 heavy (non-hydrogen) atoms. The molecule has 1 aliphatic carbocycles. The number of carbonyl (C=O) groups is 1. The summed E-state index contributed by atoms with van der Waals surface area (Å²) < 4.78 is 0. The van der Waals surface area contributed by atoms with Gasteiger partial charge in [0.1, 0.15) is 0 Å². The van der Waals surface area contributed by atoms with Gasteiger partial charge in [0.25, 0.3) is 0 Å². The van der Waals surface area contributed by atoms with Crippen LogP contribution in [0.15, 0.2) is 0 Å². The lowest BCUT2D eigenvalue weighted by atomic mass is 9.84. The zero-order valence-electron chi connectivity index (χ0n) is 9.96. The number of amides is 1. The Hall–Kier alpha value is -0.570. The highest BCUT2D eigenvalue weighted by molar-refractivity contribution is 5.78. The lowest BCUT2D eigenvalue weighted by Gasteiger charge is -2.29. The quantitative estimate of drug-likeness (QED) is 0.744.